The van der Waals surface area contributed by atoms with Crippen molar-refractivity contribution in [1.82, 2.24) is 10.6 Å². The second kappa shape index (κ2) is 9.56. The first-order valence-electron chi connectivity index (χ1n) is 5.77. The maximum absolute atomic E-state index is 11.5. The number of hydrogen-bond acceptors (Lipinski definition) is 4. The molecular formula is C11H24N2O3S. The molecule has 3 atom stereocenters. The van der Waals surface area contributed by atoms with E-state index in [9.17, 15) is 9.00 Å². The summed E-state index contributed by atoms with van der Waals surface area (Å²) in [5, 5.41) is 5.91. The molecule has 0 aliphatic carbocycles. The SMILES string of the molecule is COCC(C)NC(=O)CNC(C)CCS(C)=O. The molecule has 102 valence electrons. The molecule has 3 unspecified atom stereocenters. The molecule has 0 radical (unpaired) electrons. The molecule has 0 aliphatic rings. The molecule has 0 heterocycles. The van der Waals surface area contributed by atoms with Gasteiger partial charge in [0.2, 0.25) is 5.91 Å². The molecule has 5 nitrogen and oxygen atoms in total. The second-order valence-corrected chi connectivity index (χ2v) is 5.83. The van der Waals surface area contributed by atoms with Crippen LogP contribution in [0.4, 0.5) is 0 Å². The molecule has 6 heteroatoms. The lowest BCUT2D eigenvalue weighted by atomic mass is 10.2. The molecule has 0 spiro atoms. The topological polar surface area (TPSA) is 67.4 Å². The number of ether oxygens (including phenoxy) is 1. The Morgan fingerprint density at radius 2 is 2.00 bits per heavy atom. The lowest BCUT2D eigenvalue weighted by Gasteiger charge is -2.15. The summed E-state index contributed by atoms with van der Waals surface area (Å²) >= 11 is 0. The first kappa shape index (κ1) is 16.5. The highest BCUT2D eigenvalue weighted by Crippen LogP contribution is 1.92. The second-order valence-electron chi connectivity index (χ2n) is 4.27. The zero-order valence-corrected chi connectivity index (χ0v) is 11.9. The van der Waals surface area contributed by atoms with Crippen LogP contribution in [0.1, 0.15) is 20.3 Å². The van der Waals surface area contributed by atoms with Gasteiger partial charge in [-0.05, 0) is 20.3 Å². The van der Waals surface area contributed by atoms with E-state index in [-0.39, 0.29) is 24.5 Å². The van der Waals surface area contributed by atoms with Crippen LogP contribution in [-0.4, -0.2) is 54.5 Å². The average molecular weight is 264 g/mol. The van der Waals surface area contributed by atoms with Crippen molar-refractivity contribution in [2.24, 2.45) is 0 Å². The van der Waals surface area contributed by atoms with E-state index in [4.69, 9.17) is 4.74 Å². The van der Waals surface area contributed by atoms with E-state index < -0.39 is 10.8 Å². The van der Waals surface area contributed by atoms with Crippen molar-refractivity contribution in [2.75, 3.05) is 32.3 Å². The third-order valence-electron chi connectivity index (χ3n) is 2.27. The van der Waals surface area contributed by atoms with Gasteiger partial charge in [-0.25, -0.2) is 0 Å². The summed E-state index contributed by atoms with van der Waals surface area (Å²) in [5.41, 5.74) is 0. The van der Waals surface area contributed by atoms with Gasteiger partial charge in [0, 0.05) is 42.0 Å². The molecule has 0 aromatic heterocycles. The summed E-state index contributed by atoms with van der Waals surface area (Å²) < 4.78 is 15.8. The molecule has 0 saturated heterocycles. The van der Waals surface area contributed by atoms with Gasteiger partial charge >= 0.3 is 0 Å². The number of methoxy groups -OCH3 is 1. The highest BCUT2D eigenvalue weighted by molar-refractivity contribution is 7.84. The van der Waals surface area contributed by atoms with E-state index in [1.807, 2.05) is 13.8 Å². The fourth-order valence-corrected chi connectivity index (χ4v) is 2.01. The zero-order chi connectivity index (χ0) is 13.3. The predicted octanol–water partition coefficient (Wildman–Crippen LogP) is -0.116. The van der Waals surface area contributed by atoms with E-state index in [1.54, 1.807) is 13.4 Å². The molecule has 0 saturated carbocycles. The van der Waals surface area contributed by atoms with Crippen LogP contribution in [-0.2, 0) is 20.3 Å². The highest BCUT2D eigenvalue weighted by atomic mass is 32.2. The van der Waals surface area contributed by atoms with E-state index in [0.717, 1.165) is 6.42 Å². The quantitative estimate of drug-likeness (QED) is 0.609. The van der Waals surface area contributed by atoms with Crippen molar-refractivity contribution < 1.29 is 13.7 Å². The summed E-state index contributed by atoms with van der Waals surface area (Å²) in [6.45, 7) is 4.67. The lowest BCUT2D eigenvalue weighted by molar-refractivity contribution is -0.121. The number of amides is 1. The fraction of sp³-hybridized carbons (Fsp3) is 0.909. The summed E-state index contributed by atoms with van der Waals surface area (Å²) in [6.07, 6.45) is 2.50. The zero-order valence-electron chi connectivity index (χ0n) is 11.1. The van der Waals surface area contributed by atoms with E-state index in [2.05, 4.69) is 10.6 Å². The van der Waals surface area contributed by atoms with E-state index in [0.29, 0.717) is 12.4 Å². The normalized spacial score (nSPS) is 16.2. The fourth-order valence-electron chi connectivity index (χ4n) is 1.33. The van der Waals surface area contributed by atoms with Gasteiger partial charge in [-0.1, -0.05) is 0 Å². The van der Waals surface area contributed by atoms with E-state index in [1.165, 1.54) is 0 Å². The van der Waals surface area contributed by atoms with Crippen molar-refractivity contribution in [3.05, 3.63) is 0 Å². The Bertz CT molecular complexity index is 249. The van der Waals surface area contributed by atoms with Crippen LogP contribution in [0.2, 0.25) is 0 Å². The van der Waals surface area contributed by atoms with Gasteiger partial charge in [0.05, 0.1) is 13.2 Å². The number of hydrogen-bond donors (Lipinski definition) is 2. The molecule has 0 aromatic rings. The Morgan fingerprint density at radius 1 is 1.35 bits per heavy atom. The standard InChI is InChI=1S/C11H24N2O3S/c1-9(5-6-17(4)15)12-7-11(14)13-10(2)8-16-3/h9-10,12H,5-8H2,1-4H3,(H,13,14). The number of nitrogens with one attached hydrogen (secondary N) is 2. The van der Waals surface area contributed by atoms with Gasteiger partial charge in [-0.3, -0.25) is 9.00 Å². The molecule has 0 bridgehead atoms. The van der Waals surface area contributed by atoms with Crippen molar-refractivity contribution >= 4 is 16.7 Å². The molecular weight excluding hydrogens is 240 g/mol. The van der Waals surface area contributed by atoms with Crippen molar-refractivity contribution in [3.8, 4) is 0 Å². The Labute approximate surface area is 106 Å². The third kappa shape index (κ3) is 10.4. The smallest absolute Gasteiger partial charge is 0.234 e. The van der Waals surface area contributed by atoms with Crippen LogP contribution in [0.3, 0.4) is 0 Å². The monoisotopic (exact) mass is 264 g/mol. The molecule has 0 rings (SSSR count). The number of carbonyl (C=O) groups excluding carboxylic acids is 1. The maximum Gasteiger partial charge on any atom is 0.234 e. The van der Waals surface area contributed by atoms with Gasteiger partial charge in [0.25, 0.3) is 0 Å². The molecule has 0 aliphatic heterocycles. The third-order valence-corrected chi connectivity index (χ3v) is 3.08. The van der Waals surface area contributed by atoms with Gasteiger partial charge in [0.15, 0.2) is 0 Å². The van der Waals surface area contributed by atoms with Gasteiger partial charge in [-0.15, -0.1) is 0 Å². The molecule has 0 aromatic carbocycles. The summed E-state index contributed by atoms with van der Waals surface area (Å²) in [7, 11) is 0.836. The van der Waals surface area contributed by atoms with Gasteiger partial charge in [0.1, 0.15) is 0 Å². The minimum Gasteiger partial charge on any atom is -0.383 e. The lowest BCUT2D eigenvalue weighted by Crippen LogP contribution is -2.43. The van der Waals surface area contributed by atoms with Crippen LogP contribution >= 0.6 is 0 Å². The van der Waals surface area contributed by atoms with Crippen molar-refractivity contribution in [1.29, 1.82) is 0 Å². The molecule has 2 N–H and O–H groups in total. The van der Waals surface area contributed by atoms with Crippen molar-refractivity contribution in [2.45, 2.75) is 32.4 Å². The van der Waals surface area contributed by atoms with Crippen LogP contribution in [0, 0.1) is 0 Å². The molecule has 0 fully saturated rings. The minimum absolute atomic E-state index is 0.0211. The Kier molecular flexibility index (Phi) is 9.30. The number of rotatable bonds is 9. The Hall–Kier alpha value is -0.460. The first-order valence-corrected chi connectivity index (χ1v) is 7.50. The van der Waals surface area contributed by atoms with Gasteiger partial charge in [-0.2, -0.15) is 0 Å². The van der Waals surface area contributed by atoms with Crippen LogP contribution < -0.4 is 10.6 Å². The summed E-state index contributed by atoms with van der Waals surface area (Å²) in [4.78, 5) is 11.5. The largest absolute Gasteiger partial charge is 0.383 e. The predicted molar refractivity (Wildman–Crippen MR) is 70.5 cm³/mol. The Morgan fingerprint density at radius 3 is 2.53 bits per heavy atom. The molecule has 1 amide bonds. The number of carbonyl (C=O) groups is 1. The highest BCUT2D eigenvalue weighted by Gasteiger charge is 2.08. The Balaban J connectivity index is 3.65. The first-order chi connectivity index (χ1) is 7.95. The van der Waals surface area contributed by atoms with Crippen molar-refractivity contribution in [3.63, 3.8) is 0 Å². The minimum atomic E-state index is -0.769. The van der Waals surface area contributed by atoms with Crippen LogP contribution in [0.25, 0.3) is 0 Å². The van der Waals surface area contributed by atoms with Crippen LogP contribution in [0.5, 0.6) is 0 Å². The van der Waals surface area contributed by atoms with Crippen LogP contribution in [0.15, 0.2) is 0 Å². The summed E-state index contributed by atoms with van der Waals surface area (Å²) in [6, 6.07) is 0.218. The summed E-state index contributed by atoms with van der Waals surface area (Å²) in [5.74, 6) is 0.620. The molecule has 17 heavy (non-hydrogen) atoms. The average Bonchev–Trinajstić information content (AvgIpc) is 2.23. The van der Waals surface area contributed by atoms with Gasteiger partial charge < -0.3 is 15.4 Å². The van der Waals surface area contributed by atoms with E-state index >= 15 is 0 Å². The maximum atomic E-state index is 11.5.